The fraction of sp³-hybridized carbons (Fsp3) is 0.0556. The van der Waals surface area contributed by atoms with E-state index < -0.39 is 0 Å². The van der Waals surface area contributed by atoms with Gasteiger partial charge in [-0.2, -0.15) is 5.26 Å². The molecule has 2 aromatic carbocycles. The highest BCUT2D eigenvalue weighted by Gasteiger charge is 2.11. The van der Waals surface area contributed by atoms with Crippen LogP contribution in [0.1, 0.15) is 11.1 Å². The summed E-state index contributed by atoms with van der Waals surface area (Å²) in [6.45, 7) is 0.326. The van der Waals surface area contributed by atoms with Crippen molar-refractivity contribution >= 4 is 15.9 Å². The van der Waals surface area contributed by atoms with Crippen molar-refractivity contribution < 1.29 is 4.74 Å². The lowest BCUT2D eigenvalue weighted by atomic mass is 10.2. The monoisotopic (exact) mass is 381 g/mol. The van der Waals surface area contributed by atoms with E-state index >= 15 is 0 Å². The Hall–Kier alpha value is -2.91. The molecule has 0 aliphatic carbocycles. The lowest BCUT2D eigenvalue weighted by Crippen LogP contribution is -2.20. The first-order valence-electron chi connectivity index (χ1n) is 7.13. The Morgan fingerprint density at radius 2 is 1.83 bits per heavy atom. The summed E-state index contributed by atoms with van der Waals surface area (Å²) in [4.78, 5) is 16.7. The van der Waals surface area contributed by atoms with Crippen LogP contribution >= 0.6 is 15.9 Å². The Labute approximate surface area is 146 Å². The number of nitrogens with zero attached hydrogens (tertiary/aromatic N) is 3. The van der Waals surface area contributed by atoms with Crippen LogP contribution in [-0.2, 0) is 6.61 Å². The van der Waals surface area contributed by atoms with Crippen LogP contribution in [0.2, 0.25) is 0 Å². The largest absolute Gasteiger partial charge is 0.472 e. The lowest BCUT2D eigenvalue weighted by molar-refractivity contribution is 0.290. The molecule has 1 aromatic heterocycles. The van der Waals surface area contributed by atoms with Gasteiger partial charge in [0.25, 0.3) is 5.56 Å². The molecule has 6 heteroatoms. The first-order chi connectivity index (χ1) is 11.7. The van der Waals surface area contributed by atoms with Crippen molar-refractivity contribution in [3.05, 3.63) is 86.9 Å². The van der Waals surface area contributed by atoms with Crippen molar-refractivity contribution in [2.75, 3.05) is 0 Å². The van der Waals surface area contributed by atoms with Crippen molar-refractivity contribution in [3.8, 4) is 17.6 Å². The summed E-state index contributed by atoms with van der Waals surface area (Å²) in [6, 6.07) is 18.4. The van der Waals surface area contributed by atoms with Gasteiger partial charge in [-0.05, 0) is 45.8 Å². The van der Waals surface area contributed by atoms with E-state index in [2.05, 4.69) is 20.9 Å². The molecular weight excluding hydrogens is 370 g/mol. The van der Waals surface area contributed by atoms with Gasteiger partial charge in [0, 0.05) is 0 Å². The van der Waals surface area contributed by atoms with Crippen molar-refractivity contribution in [1.82, 2.24) is 9.55 Å². The van der Waals surface area contributed by atoms with Crippen molar-refractivity contribution in [2.45, 2.75) is 6.61 Å². The van der Waals surface area contributed by atoms with Crippen LogP contribution in [0.25, 0.3) is 5.69 Å². The van der Waals surface area contributed by atoms with Gasteiger partial charge in [0.2, 0.25) is 5.88 Å². The predicted molar refractivity (Wildman–Crippen MR) is 93.0 cm³/mol. The molecule has 0 unspecified atom stereocenters. The third-order valence-electron chi connectivity index (χ3n) is 3.38. The minimum atomic E-state index is -0.280. The third kappa shape index (κ3) is 3.36. The molecule has 0 radical (unpaired) electrons. The average molecular weight is 382 g/mol. The second-order valence-electron chi connectivity index (χ2n) is 4.97. The molecular formula is C18H12BrN3O2. The van der Waals surface area contributed by atoms with E-state index in [9.17, 15) is 4.79 Å². The Bertz CT molecular complexity index is 945. The highest BCUT2D eigenvalue weighted by Crippen LogP contribution is 2.19. The summed E-state index contributed by atoms with van der Waals surface area (Å²) in [6.07, 6.45) is 1.41. The topological polar surface area (TPSA) is 67.9 Å². The quantitative estimate of drug-likeness (QED) is 0.693. The van der Waals surface area contributed by atoms with Crippen LogP contribution in [0.15, 0.2) is 70.2 Å². The molecule has 0 saturated heterocycles. The number of benzene rings is 2. The molecule has 3 aromatic rings. The van der Waals surface area contributed by atoms with Crippen LogP contribution in [0, 0.1) is 11.3 Å². The molecule has 0 saturated carbocycles. The number of hydrogen-bond acceptors (Lipinski definition) is 4. The maximum Gasteiger partial charge on any atom is 0.276 e. The van der Waals surface area contributed by atoms with Gasteiger partial charge in [-0.25, -0.2) is 4.98 Å². The van der Waals surface area contributed by atoms with Gasteiger partial charge < -0.3 is 4.74 Å². The van der Waals surface area contributed by atoms with E-state index in [1.54, 1.807) is 24.3 Å². The summed E-state index contributed by atoms with van der Waals surface area (Å²) in [5, 5.41) is 8.83. The summed E-state index contributed by atoms with van der Waals surface area (Å²) < 4.78 is 7.26. The minimum Gasteiger partial charge on any atom is -0.472 e. The second-order valence-corrected chi connectivity index (χ2v) is 5.76. The number of hydrogen-bond donors (Lipinski definition) is 0. The maximum atomic E-state index is 12.5. The molecule has 0 fully saturated rings. The standard InChI is InChI=1S/C18H12BrN3O2/c19-16-17(24-11-14-4-2-1-3-5-14)21-12-22(18(16)23)15-8-6-13(10-20)7-9-15/h1-9,12H,11H2. The number of halogens is 1. The molecule has 0 spiro atoms. The van der Waals surface area contributed by atoms with E-state index in [1.165, 1.54) is 10.9 Å². The minimum absolute atomic E-state index is 0.244. The van der Waals surface area contributed by atoms with Gasteiger partial charge in [0.05, 0.1) is 17.3 Å². The summed E-state index contributed by atoms with van der Waals surface area (Å²) in [7, 11) is 0. The van der Waals surface area contributed by atoms with E-state index in [4.69, 9.17) is 10.00 Å². The lowest BCUT2D eigenvalue weighted by Gasteiger charge is -2.10. The van der Waals surface area contributed by atoms with Crippen LogP contribution in [-0.4, -0.2) is 9.55 Å². The third-order valence-corrected chi connectivity index (χ3v) is 4.06. The molecule has 1 heterocycles. The molecule has 5 nitrogen and oxygen atoms in total. The molecule has 0 aliphatic heterocycles. The number of nitriles is 1. The Morgan fingerprint density at radius 3 is 2.50 bits per heavy atom. The zero-order valence-corrected chi connectivity index (χ0v) is 14.1. The molecule has 24 heavy (non-hydrogen) atoms. The van der Waals surface area contributed by atoms with Gasteiger partial charge in [-0.3, -0.25) is 9.36 Å². The normalized spacial score (nSPS) is 10.2. The SMILES string of the molecule is N#Cc1ccc(-n2cnc(OCc3ccccc3)c(Br)c2=O)cc1. The smallest absolute Gasteiger partial charge is 0.276 e. The van der Waals surface area contributed by atoms with Crippen molar-refractivity contribution in [2.24, 2.45) is 0 Å². The van der Waals surface area contributed by atoms with E-state index in [1.807, 2.05) is 36.4 Å². The van der Waals surface area contributed by atoms with Gasteiger partial charge in [0.15, 0.2) is 0 Å². The van der Waals surface area contributed by atoms with E-state index in [0.717, 1.165) is 5.56 Å². The van der Waals surface area contributed by atoms with Crippen LogP contribution in [0.4, 0.5) is 0 Å². The summed E-state index contributed by atoms with van der Waals surface area (Å²) in [5.74, 6) is 0.244. The zero-order chi connectivity index (χ0) is 16.9. The first-order valence-corrected chi connectivity index (χ1v) is 7.93. The molecule has 0 amide bonds. The van der Waals surface area contributed by atoms with E-state index in [-0.39, 0.29) is 15.9 Å². The van der Waals surface area contributed by atoms with E-state index in [0.29, 0.717) is 17.9 Å². The number of rotatable bonds is 4. The second kappa shape index (κ2) is 7.11. The summed E-state index contributed by atoms with van der Waals surface area (Å²) in [5.41, 5.74) is 1.86. The zero-order valence-electron chi connectivity index (χ0n) is 12.5. The van der Waals surface area contributed by atoms with Crippen LogP contribution in [0.3, 0.4) is 0 Å². The maximum absolute atomic E-state index is 12.5. The van der Waals surface area contributed by atoms with Crippen molar-refractivity contribution in [1.29, 1.82) is 5.26 Å². The molecule has 0 bridgehead atoms. The molecule has 118 valence electrons. The fourth-order valence-corrected chi connectivity index (χ4v) is 2.53. The van der Waals surface area contributed by atoms with Gasteiger partial charge in [-0.15, -0.1) is 0 Å². The Kier molecular flexibility index (Phi) is 4.73. The number of ether oxygens (including phenoxy) is 1. The van der Waals surface area contributed by atoms with Crippen molar-refractivity contribution in [3.63, 3.8) is 0 Å². The Morgan fingerprint density at radius 1 is 1.12 bits per heavy atom. The van der Waals surface area contributed by atoms with Crippen LogP contribution in [0.5, 0.6) is 5.88 Å². The predicted octanol–water partition coefficient (Wildman–Crippen LogP) is 3.45. The average Bonchev–Trinajstić information content (AvgIpc) is 2.64. The first kappa shape index (κ1) is 16.0. The van der Waals surface area contributed by atoms with Crippen LogP contribution < -0.4 is 10.3 Å². The number of aromatic nitrogens is 2. The fourth-order valence-electron chi connectivity index (χ4n) is 2.12. The van der Waals surface area contributed by atoms with Gasteiger partial charge >= 0.3 is 0 Å². The molecule has 0 atom stereocenters. The van der Waals surface area contributed by atoms with Gasteiger partial charge in [-0.1, -0.05) is 30.3 Å². The summed E-state index contributed by atoms with van der Waals surface area (Å²) >= 11 is 3.26. The highest BCUT2D eigenvalue weighted by atomic mass is 79.9. The molecule has 0 N–H and O–H groups in total. The molecule has 3 rings (SSSR count). The Balaban J connectivity index is 1.86. The molecule has 0 aliphatic rings. The highest BCUT2D eigenvalue weighted by molar-refractivity contribution is 9.10. The van der Waals surface area contributed by atoms with Gasteiger partial charge in [0.1, 0.15) is 17.4 Å².